The van der Waals surface area contributed by atoms with Crippen molar-refractivity contribution >= 4 is 21.8 Å². The van der Waals surface area contributed by atoms with Crippen LogP contribution in [0.3, 0.4) is 0 Å². The first-order valence-corrected chi connectivity index (χ1v) is 11.4. The number of aromatic nitrogens is 1. The highest BCUT2D eigenvalue weighted by Crippen LogP contribution is 2.25. The van der Waals surface area contributed by atoms with E-state index in [4.69, 9.17) is 0 Å². The Morgan fingerprint density at radius 1 is 1.07 bits per heavy atom. The minimum atomic E-state index is -3.50. The van der Waals surface area contributed by atoms with E-state index in [0.29, 0.717) is 29.4 Å². The second-order valence-electron chi connectivity index (χ2n) is 6.53. The van der Waals surface area contributed by atoms with Crippen molar-refractivity contribution in [3.05, 3.63) is 54.0 Å². The highest BCUT2D eigenvalue weighted by atomic mass is 32.2. The Kier molecular flexibility index (Phi) is 6.86. The predicted octanol–water partition coefficient (Wildman–Crippen LogP) is 3.61. The maximum absolute atomic E-state index is 12.9. The standard InChI is InChI=1S/C19H23FN2O3S2/c20-16-7-5-15(6-8-16)18(23)14-26-19-10-9-17(13-21-19)27(24,25)22-11-3-1-2-4-12-22/h5-10,13,18,23H,1-4,11-12,14H2/t18-/m0/s1. The molecule has 1 saturated heterocycles. The van der Waals surface area contributed by atoms with E-state index in [1.54, 1.807) is 28.6 Å². The summed E-state index contributed by atoms with van der Waals surface area (Å²) in [5.74, 6) is -0.00175. The molecule has 27 heavy (non-hydrogen) atoms. The van der Waals surface area contributed by atoms with Gasteiger partial charge in [0.05, 0.1) is 11.1 Å². The molecule has 1 fully saturated rings. The van der Waals surface area contributed by atoms with E-state index < -0.39 is 16.1 Å². The van der Waals surface area contributed by atoms with Gasteiger partial charge in [-0.05, 0) is 42.7 Å². The Hall–Kier alpha value is -1.48. The highest BCUT2D eigenvalue weighted by Gasteiger charge is 2.25. The summed E-state index contributed by atoms with van der Waals surface area (Å²) in [5.41, 5.74) is 0.629. The van der Waals surface area contributed by atoms with Gasteiger partial charge in [-0.1, -0.05) is 25.0 Å². The number of thioether (sulfide) groups is 1. The quantitative estimate of drug-likeness (QED) is 0.737. The van der Waals surface area contributed by atoms with Crippen LogP contribution < -0.4 is 0 Å². The summed E-state index contributed by atoms with van der Waals surface area (Å²) in [6.45, 7) is 1.12. The van der Waals surface area contributed by atoms with Gasteiger partial charge in [0.25, 0.3) is 0 Å². The maximum Gasteiger partial charge on any atom is 0.244 e. The molecule has 1 aliphatic heterocycles. The van der Waals surface area contributed by atoms with E-state index in [9.17, 15) is 17.9 Å². The van der Waals surface area contributed by atoms with E-state index in [2.05, 4.69) is 4.98 Å². The average molecular weight is 411 g/mol. The van der Waals surface area contributed by atoms with Crippen LogP contribution in [0.15, 0.2) is 52.5 Å². The van der Waals surface area contributed by atoms with Crippen molar-refractivity contribution < 1.29 is 17.9 Å². The number of hydrogen-bond donors (Lipinski definition) is 1. The minimum absolute atomic E-state index is 0.202. The zero-order valence-electron chi connectivity index (χ0n) is 14.9. The Bertz CT molecular complexity index is 834. The smallest absolute Gasteiger partial charge is 0.244 e. The predicted molar refractivity (Wildman–Crippen MR) is 104 cm³/mol. The summed E-state index contributed by atoms with van der Waals surface area (Å²) in [6, 6.07) is 8.94. The molecule has 5 nitrogen and oxygen atoms in total. The molecule has 0 amide bonds. The number of pyridine rings is 1. The van der Waals surface area contributed by atoms with Crippen molar-refractivity contribution in [3.8, 4) is 0 Å². The fraction of sp³-hybridized carbons (Fsp3) is 0.421. The zero-order chi connectivity index (χ0) is 19.3. The van der Waals surface area contributed by atoms with Gasteiger partial charge in [-0.25, -0.2) is 17.8 Å². The third-order valence-electron chi connectivity index (χ3n) is 4.56. The SMILES string of the molecule is O=S(=O)(c1ccc(SC[C@H](O)c2ccc(F)cc2)nc1)N1CCCCCC1. The number of halogens is 1. The van der Waals surface area contributed by atoms with Crippen LogP contribution in [-0.2, 0) is 10.0 Å². The first-order valence-electron chi connectivity index (χ1n) is 8.99. The first kappa shape index (κ1) is 20.3. The molecule has 0 spiro atoms. The molecule has 0 unspecified atom stereocenters. The molecule has 1 aromatic heterocycles. The number of sulfonamides is 1. The van der Waals surface area contributed by atoms with Gasteiger partial charge < -0.3 is 5.11 Å². The van der Waals surface area contributed by atoms with Crippen LogP contribution in [0.2, 0.25) is 0 Å². The Morgan fingerprint density at radius 3 is 2.33 bits per heavy atom. The summed E-state index contributed by atoms with van der Waals surface area (Å²) in [6.07, 6.45) is 4.54. The molecule has 0 bridgehead atoms. The van der Waals surface area contributed by atoms with Crippen LogP contribution in [0.25, 0.3) is 0 Å². The largest absolute Gasteiger partial charge is 0.388 e. The van der Waals surface area contributed by atoms with E-state index in [0.717, 1.165) is 25.7 Å². The van der Waals surface area contributed by atoms with Crippen LogP contribution in [0, 0.1) is 5.82 Å². The second kappa shape index (κ2) is 9.14. The molecule has 0 aliphatic carbocycles. The summed E-state index contributed by atoms with van der Waals surface area (Å²) < 4.78 is 40.0. The molecule has 1 aliphatic rings. The van der Waals surface area contributed by atoms with Gasteiger partial charge in [0, 0.05) is 25.0 Å². The van der Waals surface area contributed by atoms with Crippen molar-refractivity contribution in [1.29, 1.82) is 0 Å². The van der Waals surface area contributed by atoms with E-state index in [1.807, 2.05) is 0 Å². The number of rotatable bonds is 6. The third-order valence-corrected chi connectivity index (χ3v) is 7.46. The van der Waals surface area contributed by atoms with Gasteiger partial charge in [-0.15, -0.1) is 11.8 Å². The van der Waals surface area contributed by atoms with Crippen LogP contribution in [-0.4, -0.2) is 41.7 Å². The monoisotopic (exact) mass is 410 g/mol. The Morgan fingerprint density at radius 2 is 1.74 bits per heavy atom. The van der Waals surface area contributed by atoms with E-state index in [1.165, 1.54) is 30.1 Å². The second-order valence-corrected chi connectivity index (χ2v) is 9.51. The number of aliphatic hydroxyl groups is 1. The normalized spacial score (nSPS) is 17.4. The van der Waals surface area contributed by atoms with Crippen molar-refractivity contribution in [2.45, 2.75) is 41.7 Å². The maximum atomic E-state index is 12.9. The average Bonchev–Trinajstić information content (AvgIpc) is 2.97. The number of nitrogens with zero attached hydrogens (tertiary/aromatic N) is 2. The summed E-state index contributed by atoms with van der Waals surface area (Å²) in [5, 5.41) is 10.8. The third kappa shape index (κ3) is 5.28. The van der Waals surface area contributed by atoms with Crippen molar-refractivity contribution in [2.75, 3.05) is 18.8 Å². The van der Waals surface area contributed by atoms with E-state index >= 15 is 0 Å². The van der Waals surface area contributed by atoms with Crippen LogP contribution >= 0.6 is 11.8 Å². The van der Waals surface area contributed by atoms with Gasteiger partial charge in [-0.2, -0.15) is 4.31 Å². The zero-order valence-corrected chi connectivity index (χ0v) is 16.6. The molecule has 1 aromatic carbocycles. The molecule has 146 valence electrons. The van der Waals surface area contributed by atoms with Crippen LogP contribution in [0.1, 0.15) is 37.4 Å². The summed E-state index contributed by atoms with van der Waals surface area (Å²) in [4.78, 5) is 4.43. The molecule has 1 N–H and O–H groups in total. The topological polar surface area (TPSA) is 70.5 Å². The van der Waals surface area contributed by atoms with Crippen molar-refractivity contribution in [3.63, 3.8) is 0 Å². The van der Waals surface area contributed by atoms with Gasteiger partial charge >= 0.3 is 0 Å². The lowest BCUT2D eigenvalue weighted by atomic mass is 10.1. The first-order chi connectivity index (χ1) is 13.0. The lowest BCUT2D eigenvalue weighted by Crippen LogP contribution is -2.32. The van der Waals surface area contributed by atoms with Crippen molar-refractivity contribution in [1.82, 2.24) is 9.29 Å². The molecule has 0 saturated carbocycles. The van der Waals surface area contributed by atoms with Gasteiger partial charge in [-0.3, -0.25) is 0 Å². The van der Waals surface area contributed by atoms with Crippen molar-refractivity contribution in [2.24, 2.45) is 0 Å². The van der Waals surface area contributed by atoms with Crippen LogP contribution in [0.4, 0.5) is 4.39 Å². The fourth-order valence-corrected chi connectivity index (χ4v) is 5.26. The molecular weight excluding hydrogens is 387 g/mol. The van der Waals surface area contributed by atoms with Gasteiger partial charge in [0.15, 0.2) is 0 Å². The molecular formula is C19H23FN2O3S2. The number of benzene rings is 1. The van der Waals surface area contributed by atoms with E-state index in [-0.39, 0.29) is 10.7 Å². The highest BCUT2D eigenvalue weighted by molar-refractivity contribution is 7.99. The molecule has 2 aromatic rings. The minimum Gasteiger partial charge on any atom is -0.388 e. The Balaban J connectivity index is 1.62. The lowest BCUT2D eigenvalue weighted by molar-refractivity contribution is 0.204. The number of hydrogen-bond acceptors (Lipinski definition) is 5. The Labute approximate surface area is 163 Å². The summed E-state index contributed by atoms with van der Waals surface area (Å²) >= 11 is 1.32. The molecule has 2 heterocycles. The molecule has 8 heteroatoms. The molecule has 3 rings (SSSR count). The fourth-order valence-electron chi connectivity index (χ4n) is 2.98. The molecule has 1 atom stereocenters. The summed E-state index contributed by atoms with van der Waals surface area (Å²) in [7, 11) is -3.50. The molecule has 0 radical (unpaired) electrons. The van der Waals surface area contributed by atoms with Gasteiger partial charge in [0.1, 0.15) is 10.7 Å². The lowest BCUT2D eigenvalue weighted by Gasteiger charge is -2.19. The van der Waals surface area contributed by atoms with Gasteiger partial charge in [0.2, 0.25) is 10.0 Å². The number of aliphatic hydroxyl groups excluding tert-OH is 1. The van der Waals surface area contributed by atoms with Crippen LogP contribution in [0.5, 0.6) is 0 Å².